The average molecular weight is 262 g/mol. The number of thiazole rings is 1. The Kier molecular flexibility index (Phi) is 3.24. The molecule has 2 heterocycles. The van der Waals surface area contributed by atoms with E-state index in [0.717, 1.165) is 15.6 Å². The zero-order valence-corrected chi connectivity index (χ0v) is 11.2. The first-order valence-electron chi connectivity index (χ1n) is 5.36. The topological polar surface area (TPSA) is 101 Å². The van der Waals surface area contributed by atoms with Gasteiger partial charge < -0.3 is 11.1 Å². The van der Waals surface area contributed by atoms with Crippen molar-refractivity contribution in [1.29, 1.82) is 5.41 Å². The number of hydrogen-bond donors (Lipinski definition) is 3. The molecule has 0 aliphatic rings. The lowest BCUT2D eigenvalue weighted by Crippen LogP contribution is -2.11. The second-order valence-corrected chi connectivity index (χ2v) is 4.96. The Morgan fingerprint density at radius 1 is 1.39 bits per heavy atom. The molecule has 18 heavy (non-hydrogen) atoms. The van der Waals surface area contributed by atoms with Gasteiger partial charge in [-0.3, -0.25) is 5.41 Å². The summed E-state index contributed by atoms with van der Waals surface area (Å²) in [6.45, 7) is 3.80. The van der Waals surface area contributed by atoms with Gasteiger partial charge in [-0.15, -0.1) is 11.3 Å². The Bertz CT molecular complexity index is 604. The highest BCUT2D eigenvalue weighted by atomic mass is 32.1. The summed E-state index contributed by atoms with van der Waals surface area (Å²) in [4.78, 5) is 13.1. The second kappa shape index (κ2) is 4.69. The predicted molar refractivity (Wildman–Crippen MR) is 73.5 cm³/mol. The number of nitrogens with zero attached hydrogens (tertiary/aromatic N) is 3. The summed E-state index contributed by atoms with van der Waals surface area (Å²) in [5.74, 6) is 0.850. The van der Waals surface area contributed by atoms with Gasteiger partial charge in [-0.2, -0.15) is 0 Å². The molecule has 4 N–H and O–H groups in total. The molecule has 0 saturated heterocycles. The van der Waals surface area contributed by atoms with Gasteiger partial charge >= 0.3 is 0 Å². The lowest BCUT2D eigenvalue weighted by molar-refractivity contribution is 1.15. The van der Waals surface area contributed by atoms with Gasteiger partial charge in [-0.05, 0) is 13.8 Å². The van der Waals surface area contributed by atoms with Gasteiger partial charge in [0.25, 0.3) is 0 Å². The van der Waals surface area contributed by atoms with Crippen molar-refractivity contribution in [1.82, 2.24) is 15.0 Å². The molecule has 94 valence electrons. The number of aromatic nitrogens is 3. The molecule has 2 aromatic heterocycles. The third kappa shape index (κ3) is 2.04. The number of anilines is 2. The van der Waals surface area contributed by atoms with Gasteiger partial charge in [-0.1, -0.05) is 0 Å². The summed E-state index contributed by atoms with van der Waals surface area (Å²) in [6, 6.07) is 0. The van der Waals surface area contributed by atoms with Crippen LogP contribution in [0.4, 0.5) is 11.6 Å². The Balaban J connectivity index is 2.56. The summed E-state index contributed by atoms with van der Waals surface area (Å²) in [5, 5.41) is 12.1. The molecular weight excluding hydrogens is 248 g/mol. The number of rotatable bonds is 3. The van der Waals surface area contributed by atoms with Crippen LogP contribution in [0.3, 0.4) is 0 Å². The molecule has 7 heteroatoms. The van der Waals surface area contributed by atoms with Crippen LogP contribution < -0.4 is 11.1 Å². The van der Waals surface area contributed by atoms with E-state index in [0.29, 0.717) is 22.9 Å². The van der Waals surface area contributed by atoms with Crippen LogP contribution in [-0.4, -0.2) is 27.7 Å². The first kappa shape index (κ1) is 12.4. The van der Waals surface area contributed by atoms with Crippen molar-refractivity contribution < 1.29 is 0 Å². The van der Waals surface area contributed by atoms with Crippen molar-refractivity contribution in [3.63, 3.8) is 0 Å². The van der Waals surface area contributed by atoms with Crippen molar-refractivity contribution in [3.05, 3.63) is 27.5 Å². The molecule has 2 rings (SSSR count). The lowest BCUT2D eigenvalue weighted by atomic mass is 10.1. The standard InChI is InChI=1S/C11H14N6S/c1-5-9(18-6(2)17-5)8(12)7-10(13)15-4-16-11(7)14-3/h4,12H,1-3H3,(H3,13,14,15,16). The van der Waals surface area contributed by atoms with Crippen molar-refractivity contribution >= 4 is 28.7 Å². The lowest BCUT2D eigenvalue weighted by Gasteiger charge is -2.10. The summed E-state index contributed by atoms with van der Waals surface area (Å²) in [5.41, 5.74) is 7.50. The highest BCUT2D eigenvalue weighted by molar-refractivity contribution is 7.14. The third-order valence-electron chi connectivity index (χ3n) is 2.49. The minimum absolute atomic E-state index is 0.296. The first-order valence-corrected chi connectivity index (χ1v) is 6.17. The number of nitrogen functional groups attached to an aromatic ring is 1. The molecule has 0 aliphatic carbocycles. The SMILES string of the molecule is CNc1ncnc(N)c1C(=N)c1sc(C)nc1C. The van der Waals surface area contributed by atoms with Crippen LogP contribution in [0.5, 0.6) is 0 Å². The summed E-state index contributed by atoms with van der Waals surface area (Å²) < 4.78 is 0. The molecule has 0 atom stereocenters. The third-order valence-corrected chi connectivity index (χ3v) is 3.58. The van der Waals surface area contributed by atoms with Crippen LogP contribution in [0.25, 0.3) is 0 Å². The van der Waals surface area contributed by atoms with E-state index in [1.165, 1.54) is 17.7 Å². The maximum absolute atomic E-state index is 8.28. The minimum atomic E-state index is 0.296. The molecule has 2 aromatic rings. The smallest absolute Gasteiger partial charge is 0.140 e. The van der Waals surface area contributed by atoms with E-state index in [2.05, 4.69) is 20.3 Å². The fourth-order valence-electron chi connectivity index (χ4n) is 1.71. The maximum atomic E-state index is 8.28. The quantitative estimate of drug-likeness (QED) is 0.729. The van der Waals surface area contributed by atoms with Gasteiger partial charge in [0.15, 0.2) is 0 Å². The van der Waals surface area contributed by atoms with Crippen LogP contribution in [0, 0.1) is 19.3 Å². The average Bonchev–Trinajstić information content (AvgIpc) is 2.67. The van der Waals surface area contributed by atoms with E-state index in [4.69, 9.17) is 11.1 Å². The van der Waals surface area contributed by atoms with Gasteiger partial charge in [0.05, 0.1) is 26.9 Å². The van der Waals surface area contributed by atoms with Gasteiger partial charge in [-0.25, -0.2) is 15.0 Å². The van der Waals surface area contributed by atoms with E-state index >= 15 is 0 Å². The summed E-state index contributed by atoms with van der Waals surface area (Å²) in [6.07, 6.45) is 1.38. The van der Waals surface area contributed by atoms with Gasteiger partial charge in [0.2, 0.25) is 0 Å². The minimum Gasteiger partial charge on any atom is -0.383 e. The van der Waals surface area contributed by atoms with Crippen LogP contribution in [-0.2, 0) is 0 Å². The Morgan fingerprint density at radius 2 is 2.11 bits per heavy atom. The van der Waals surface area contributed by atoms with Crippen LogP contribution in [0.15, 0.2) is 6.33 Å². The molecule has 6 nitrogen and oxygen atoms in total. The molecule has 0 aromatic carbocycles. The van der Waals surface area contributed by atoms with E-state index < -0.39 is 0 Å². The zero-order chi connectivity index (χ0) is 13.3. The monoisotopic (exact) mass is 262 g/mol. The van der Waals surface area contributed by atoms with Gasteiger partial charge in [0.1, 0.15) is 18.0 Å². The van der Waals surface area contributed by atoms with Crippen molar-refractivity contribution in [2.24, 2.45) is 0 Å². The fraction of sp³-hybridized carbons (Fsp3) is 0.273. The summed E-state index contributed by atoms with van der Waals surface area (Å²) >= 11 is 1.47. The number of nitrogens with two attached hydrogens (primary N) is 1. The molecule has 0 fully saturated rings. The van der Waals surface area contributed by atoms with E-state index in [9.17, 15) is 0 Å². The molecule has 0 aliphatic heterocycles. The maximum Gasteiger partial charge on any atom is 0.140 e. The fourth-order valence-corrected chi connectivity index (χ4v) is 2.59. The van der Waals surface area contributed by atoms with Crippen LogP contribution in [0.2, 0.25) is 0 Å². The molecular formula is C11H14N6S. The number of hydrogen-bond acceptors (Lipinski definition) is 7. The van der Waals surface area contributed by atoms with Gasteiger partial charge in [0, 0.05) is 7.05 Å². The molecule has 0 amide bonds. The van der Waals surface area contributed by atoms with E-state index in [1.807, 2.05) is 13.8 Å². The predicted octanol–water partition coefficient (Wildman–Crippen LogP) is 1.59. The normalized spacial score (nSPS) is 10.4. The molecule has 0 saturated carbocycles. The zero-order valence-electron chi connectivity index (χ0n) is 10.4. The van der Waals surface area contributed by atoms with Crippen molar-refractivity contribution in [3.8, 4) is 0 Å². The Morgan fingerprint density at radius 3 is 2.67 bits per heavy atom. The van der Waals surface area contributed by atoms with Crippen molar-refractivity contribution in [2.75, 3.05) is 18.1 Å². The molecule has 0 radical (unpaired) electrons. The highest BCUT2D eigenvalue weighted by Gasteiger charge is 2.19. The number of aryl methyl sites for hydroxylation is 2. The van der Waals surface area contributed by atoms with E-state index in [-0.39, 0.29) is 0 Å². The summed E-state index contributed by atoms with van der Waals surface area (Å²) in [7, 11) is 1.74. The molecule has 0 unspecified atom stereocenters. The Hall–Kier alpha value is -2.02. The number of nitrogens with one attached hydrogen (secondary N) is 2. The largest absolute Gasteiger partial charge is 0.383 e. The molecule has 0 spiro atoms. The van der Waals surface area contributed by atoms with Crippen LogP contribution in [0.1, 0.15) is 21.1 Å². The van der Waals surface area contributed by atoms with Crippen molar-refractivity contribution in [2.45, 2.75) is 13.8 Å². The van der Waals surface area contributed by atoms with E-state index in [1.54, 1.807) is 7.05 Å². The Labute approximate surface area is 109 Å². The first-order chi connectivity index (χ1) is 8.54. The van der Waals surface area contributed by atoms with Crippen LogP contribution >= 0.6 is 11.3 Å². The highest BCUT2D eigenvalue weighted by Crippen LogP contribution is 2.26. The second-order valence-electron chi connectivity index (χ2n) is 3.75. The molecule has 0 bridgehead atoms.